The van der Waals surface area contributed by atoms with Gasteiger partial charge in [-0.25, -0.2) is 4.79 Å². The number of esters is 1. The Morgan fingerprint density at radius 3 is 2.59 bits per heavy atom. The van der Waals surface area contributed by atoms with Gasteiger partial charge in [0.1, 0.15) is 11.6 Å². The number of carbonyl (C=O) groups excluding carboxylic acids is 1. The molecule has 5 rings (SSSR count). The number of nitrogens with two attached hydrogens (primary N) is 1. The lowest BCUT2D eigenvalue weighted by atomic mass is 9.82. The van der Waals surface area contributed by atoms with E-state index in [1.165, 1.54) is 7.11 Å². The number of benzene rings is 3. The maximum absolute atomic E-state index is 11.8. The third-order valence-electron chi connectivity index (χ3n) is 5.64. The first-order valence-corrected chi connectivity index (χ1v) is 9.94. The number of methoxy groups -OCH3 is 1. The zero-order valence-corrected chi connectivity index (χ0v) is 17.1. The van der Waals surface area contributed by atoms with Crippen molar-refractivity contribution in [1.82, 2.24) is 10.2 Å². The zero-order valence-electron chi connectivity index (χ0n) is 17.1. The number of H-pyrrole nitrogens is 1. The van der Waals surface area contributed by atoms with Crippen molar-refractivity contribution in [3.63, 3.8) is 0 Å². The van der Waals surface area contributed by atoms with Crippen LogP contribution in [0.15, 0.2) is 78.2 Å². The fourth-order valence-electron chi connectivity index (χ4n) is 4.07. The summed E-state index contributed by atoms with van der Waals surface area (Å²) in [6, 6.07) is 23.3. The van der Waals surface area contributed by atoms with E-state index in [1.54, 1.807) is 24.3 Å². The lowest BCUT2D eigenvalue weighted by Crippen LogP contribution is -2.21. The van der Waals surface area contributed by atoms with Crippen molar-refractivity contribution in [2.45, 2.75) is 5.92 Å². The highest BCUT2D eigenvalue weighted by molar-refractivity contribution is 5.89. The zero-order chi connectivity index (χ0) is 22.2. The lowest BCUT2D eigenvalue weighted by Gasteiger charge is -2.24. The fourth-order valence-corrected chi connectivity index (χ4v) is 4.07. The molecule has 0 radical (unpaired) electrons. The highest BCUT2D eigenvalue weighted by Crippen LogP contribution is 2.45. The molecule has 4 aromatic rings. The lowest BCUT2D eigenvalue weighted by molar-refractivity contribution is 0.0600. The average Bonchev–Trinajstić information content (AvgIpc) is 3.25. The van der Waals surface area contributed by atoms with Crippen molar-refractivity contribution in [3.05, 3.63) is 94.9 Å². The van der Waals surface area contributed by atoms with Gasteiger partial charge >= 0.3 is 5.97 Å². The maximum Gasteiger partial charge on any atom is 0.337 e. The second-order valence-corrected chi connectivity index (χ2v) is 7.42. The number of carbonyl (C=O) groups is 1. The highest BCUT2D eigenvalue weighted by Gasteiger charge is 2.35. The van der Waals surface area contributed by atoms with Gasteiger partial charge in [0.15, 0.2) is 0 Å². The molecule has 2 heterocycles. The molecule has 32 heavy (non-hydrogen) atoms. The molecule has 0 spiro atoms. The van der Waals surface area contributed by atoms with Crippen LogP contribution in [0.3, 0.4) is 0 Å². The molecule has 1 atom stereocenters. The number of aromatic amines is 1. The molecule has 0 bridgehead atoms. The predicted octanol–water partition coefficient (Wildman–Crippen LogP) is 4.23. The molecule has 3 N–H and O–H groups in total. The van der Waals surface area contributed by atoms with Crippen LogP contribution >= 0.6 is 0 Å². The standard InChI is InChI=1S/C25H18N4O3/c1-31-25(30)16-9-7-15(8-10-16)20-19(13-26)23(27)32-24-21(20)22(28-29-24)18-11-6-14-4-2-3-5-17(14)12-18/h2-12,20H,27H2,1H3,(H,28,29). The van der Waals surface area contributed by atoms with Gasteiger partial charge in [-0.05, 0) is 34.5 Å². The molecule has 7 nitrogen and oxygen atoms in total. The number of nitrogens with zero attached hydrogens (tertiary/aromatic N) is 2. The Balaban J connectivity index is 1.67. The summed E-state index contributed by atoms with van der Waals surface area (Å²) >= 11 is 0. The van der Waals surface area contributed by atoms with E-state index in [0.29, 0.717) is 11.4 Å². The molecule has 1 unspecified atom stereocenters. The first kappa shape index (κ1) is 19.4. The van der Waals surface area contributed by atoms with E-state index in [1.807, 2.05) is 36.4 Å². The van der Waals surface area contributed by atoms with Gasteiger partial charge in [-0.2, -0.15) is 5.26 Å². The molecule has 1 aliphatic heterocycles. The van der Waals surface area contributed by atoms with Crippen LogP contribution in [0.5, 0.6) is 5.88 Å². The maximum atomic E-state index is 11.8. The van der Waals surface area contributed by atoms with Crippen LogP contribution in [0.1, 0.15) is 27.4 Å². The number of nitriles is 1. The second-order valence-electron chi connectivity index (χ2n) is 7.42. The molecule has 0 amide bonds. The highest BCUT2D eigenvalue weighted by atomic mass is 16.5. The van der Waals surface area contributed by atoms with Crippen LogP contribution in [0.4, 0.5) is 0 Å². The fraction of sp³-hybridized carbons (Fsp3) is 0.0800. The number of ether oxygens (including phenoxy) is 2. The summed E-state index contributed by atoms with van der Waals surface area (Å²) in [7, 11) is 1.33. The topological polar surface area (TPSA) is 114 Å². The summed E-state index contributed by atoms with van der Waals surface area (Å²) in [6.45, 7) is 0. The number of hydrogen-bond acceptors (Lipinski definition) is 6. The van der Waals surface area contributed by atoms with Gasteiger partial charge in [-0.3, -0.25) is 5.10 Å². The van der Waals surface area contributed by atoms with Crippen molar-refractivity contribution in [2.75, 3.05) is 7.11 Å². The third kappa shape index (κ3) is 3.06. The van der Waals surface area contributed by atoms with Gasteiger partial charge in [0.05, 0.1) is 29.8 Å². The second kappa shape index (κ2) is 7.60. The van der Waals surface area contributed by atoms with E-state index in [4.69, 9.17) is 15.2 Å². The van der Waals surface area contributed by atoms with E-state index >= 15 is 0 Å². The van der Waals surface area contributed by atoms with Gasteiger partial charge in [0.25, 0.3) is 0 Å². The van der Waals surface area contributed by atoms with Crippen LogP contribution in [0.2, 0.25) is 0 Å². The molecule has 0 saturated carbocycles. The summed E-state index contributed by atoms with van der Waals surface area (Å²) in [4.78, 5) is 11.8. The van der Waals surface area contributed by atoms with Crippen molar-refractivity contribution >= 4 is 16.7 Å². The van der Waals surface area contributed by atoms with E-state index < -0.39 is 11.9 Å². The molecule has 1 aromatic heterocycles. The number of hydrogen-bond donors (Lipinski definition) is 2. The van der Waals surface area contributed by atoms with Crippen molar-refractivity contribution in [2.24, 2.45) is 5.73 Å². The third-order valence-corrected chi connectivity index (χ3v) is 5.64. The van der Waals surface area contributed by atoms with E-state index in [-0.39, 0.29) is 11.5 Å². The van der Waals surface area contributed by atoms with Crippen LogP contribution in [0.25, 0.3) is 22.0 Å². The Morgan fingerprint density at radius 1 is 1.12 bits per heavy atom. The molecular weight excluding hydrogens is 404 g/mol. The SMILES string of the molecule is COC(=O)c1ccc(C2C(C#N)=C(N)Oc3n[nH]c(-c4ccc5ccccc5c4)c32)cc1. The minimum absolute atomic E-state index is 0.0126. The van der Waals surface area contributed by atoms with E-state index in [0.717, 1.165) is 33.2 Å². The van der Waals surface area contributed by atoms with Crippen molar-refractivity contribution < 1.29 is 14.3 Å². The van der Waals surface area contributed by atoms with Crippen molar-refractivity contribution in [3.8, 4) is 23.2 Å². The molecule has 0 saturated heterocycles. The molecule has 1 aliphatic rings. The Kier molecular flexibility index (Phi) is 4.61. The normalized spacial score (nSPS) is 15.1. The molecule has 0 aliphatic carbocycles. The van der Waals surface area contributed by atoms with E-state index in [9.17, 15) is 10.1 Å². The Labute approximate surface area is 183 Å². The Bertz CT molecular complexity index is 1430. The molecule has 156 valence electrons. The van der Waals surface area contributed by atoms with Gasteiger partial charge in [0.2, 0.25) is 11.8 Å². The molecule has 3 aromatic carbocycles. The molecule has 7 heteroatoms. The van der Waals surface area contributed by atoms with Gasteiger partial charge in [0, 0.05) is 5.56 Å². The van der Waals surface area contributed by atoms with Crippen LogP contribution in [-0.4, -0.2) is 23.3 Å². The number of aromatic nitrogens is 2. The largest absolute Gasteiger partial charge is 0.465 e. The quantitative estimate of drug-likeness (QED) is 0.478. The summed E-state index contributed by atoms with van der Waals surface area (Å²) in [5.41, 5.74) is 9.92. The Hall–Kier alpha value is -4.57. The van der Waals surface area contributed by atoms with Gasteiger partial charge < -0.3 is 15.2 Å². The predicted molar refractivity (Wildman–Crippen MR) is 119 cm³/mol. The van der Waals surface area contributed by atoms with E-state index in [2.05, 4.69) is 22.3 Å². The van der Waals surface area contributed by atoms with Crippen molar-refractivity contribution in [1.29, 1.82) is 5.26 Å². The first-order chi connectivity index (χ1) is 15.6. The summed E-state index contributed by atoms with van der Waals surface area (Å²) < 4.78 is 10.5. The number of nitrogens with one attached hydrogen (secondary N) is 1. The summed E-state index contributed by atoms with van der Waals surface area (Å²) in [6.07, 6.45) is 0. The Morgan fingerprint density at radius 2 is 1.88 bits per heavy atom. The number of fused-ring (bicyclic) bond motifs is 2. The van der Waals surface area contributed by atoms with Gasteiger partial charge in [-0.1, -0.05) is 48.5 Å². The van der Waals surface area contributed by atoms with Crippen LogP contribution < -0.4 is 10.5 Å². The monoisotopic (exact) mass is 422 g/mol. The smallest absolute Gasteiger partial charge is 0.337 e. The average molecular weight is 422 g/mol. The molecular formula is C25H18N4O3. The van der Waals surface area contributed by atoms with Crippen LogP contribution in [-0.2, 0) is 4.74 Å². The van der Waals surface area contributed by atoms with Crippen LogP contribution in [0, 0.1) is 11.3 Å². The first-order valence-electron chi connectivity index (χ1n) is 9.94. The molecule has 0 fully saturated rings. The minimum atomic E-state index is -0.504. The van der Waals surface area contributed by atoms with Gasteiger partial charge in [-0.15, -0.1) is 5.10 Å². The number of allylic oxidation sites excluding steroid dienone is 1. The summed E-state index contributed by atoms with van der Waals surface area (Å²) in [5.74, 6) is -0.596. The summed E-state index contributed by atoms with van der Waals surface area (Å²) in [5, 5.41) is 19.5. The number of rotatable bonds is 3. The minimum Gasteiger partial charge on any atom is -0.465 e.